The van der Waals surface area contributed by atoms with E-state index in [-0.39, 0.29) is 0 Å². The molecule has 9 atom stereocenters. The predicted octanol–water partition coefficient (Wildman–Crippen LogP) is -5.33. The minimum Gasteiger partial charge on any atom is -0.394 e. The van der Waals surface area contributed by atoms with E-state index in [1.165, 1.54) is 0 Å². The van der Waals surface area contributed by atoms with Crippen molar-refractivity contribution in [3.8, 4) is 0 Å². The second-order valence-electron chi connectivity index (χ2n) is 5.64. The van der Waals surface area contributed by atoms with E-state index in [0.717, 1.165) is 0 Å². The summed E-state index contributed by atoms with van der Waals surface area (Å²) in [6, 6.07) is 0. The van der Waals surface area contributed by atoms with Gasteiger partial charge in [-0.05, 0) is 0 Å². The van der Waals surface area contributed by atoms with Gasteiger partial charge in [-0.1, -0.05) is 0 Å². The maximum atomic E-state index is 10.1. The zero-order valence-electron chi connectivity index (χ0n) is 11.6. The molecule has 0 aromatic heterocycles. The highest BCUT2D eigenvalue weighted by molar-refractivity contribution is 5.11. The van der Waals surface area contributed by atoms with Gasteiger partial charge in [0.15, 0.2) is 0 Å². The number of aliphatic hydroxyl groups excluding tert-OH is 8. The van der Waals surface area contributed by atoms with Crippen LogP contribution >= 0.6 is 0 Å². The summed E-state index contributed by atoms with van der Waals surface area (Å²) in [5, 5.41) is 77.5. The van der Waals surface area contributed by atoms with Gasteiger partial charge < -0.3 is 50.3 Å². The summed E-state index contributed by atoms with van der Waals surface area (Å²) in [7, 11) is 0. The van der Waals surface area contributed by atoms with E-state index >= 15 is 0 Å². The first kappa shape index (κ1) is 17.9. The molecule has 2 heterocycles. The SMILES string of the molecule is OC[C@H]1OC(CO)(C2O[C@H](CO)[C@@H](O)[C@H](O)[C@H]2O)[C@@H](O)[C@@H]1O. The van der Waals surface area contributed by atoms with Crippen LogP contribution in [-0.2, 0) is 9.47 Å². The molecular weight excluding hydrogens is 304 g/mol. The third kappa shape index (κ3) is 2.55. The zero-order valence-corrected chi connectivity index (χ0v) is 11.6. The molecule has 0 aromatic carbocycles. The molecule has 2 saturated heterocycles. The lowest BCUT2D eigenvalue weighted by atomic mass is 9.81. The Morgan fingerprint density at radius 3 is 1.77 bits per heavy atom. The summed E-state index contributed by atoms with van der Waals surface area (Å²) >= 11 is 0. The molecule has 0 bridgehead atoms. The summed E-state index contributed by atoms with van der Waals surface area (Å²) < 4.78 is 10.6. The van der Waals surface area contributed by atoms with Crippen molar-refractivity contribution in [3.63, 3.8) is 0 Å². The summed E-state index contributed by atoms with van der Waals surface area (Å²) in [5.41, 5.74) is -2.03. The summed E-state index contributed by atoms with van der Waals surface area (Å²) in [6.07, 6.45) is -12.4. The minimum atomic E-state index is -2.03. The Bertz CT molecular complexity index is 379. The molecule has 0 saturated carbocycles. The first-order valence-electron chi connectivity index (χ1n) is 6.90. The van der Waals surface area contributed by atoms with Crippen LogP contribution in [0.4, 0.5) is 0 Å². The van der Waals surface area contributed by atoms with Crippen molar-refractivity contribution in [2.24, 2.45) is 0 Å². The second kappa shape index (κ2) is 6.61. The Morgan fingerprint density at radius 2 is 1.32 bits per heavy atom. The highest BCUT2D eigenvalue weighted by Crippen LogP contribution is 2.39. The Kier molecular flexibility index (Phi) is 5.39. The maximum Gasteiger partial charge on any atom is 0.149 e. The van der Waals surface area contributed by atoms with E-state index < -0.39 is 74.3 Å². The van der Waals surface area contributed by atoms with Crippen LogP contribution in [0.3, 0.4) is 0 Å². The van der Waals surface area contributed by atoms with Crippen molar-refractivity contribution in [3.05, 3.63) is 0 Å². The highest BCUT2D eigenvalue weighted by Gasteiger charge is 2.63. The second-order valence-corrected chi connectivity index (χ2v) is 5.64. The molecular formula is C12H22O10. The molecule has 10 heteroatoms. The van der Waals surface area contributed by atoms with Crippen molar-refractivity contribution in [1.82, 2.24) is 0 Å². The van der Waals surface area contributed by atoms with Gasteiger partial charge in [-0.2, -0.15) is 0 Å². The van der Waals surface area contributed by atoms with Gasteiger partial charge in [-0.3, -0.25) is 0 Å². The normalized spacial score (nSPS) is 52.9. The van der Waals surface area contributed by atoms with Crippen LogP contribution in [0.15, 0.2) is 0 Å². The Morgan fingerprint density at radius 1 is 0.727 bits per heavy atom. The fraction of sp³-hybridized carbons (Fsp3) is 1.00. The molecule has 0 aromatic rings. The predicted molar refractivity (Wildman–Crippen MR) is 67.6 cm³/mol. The largest absolute Gasteiger partial charge is 0.394 e. The molecule has 0 spiro atoms. The van der Waals surface area contributed by atoms with E-state index in [4.69, 9.17) is 19.7 Å². The first-order valence-corrected chi connectivity index (χ1v) is 6.90. The number of rotatable bonds is 4. The zero-order chi connectivity index (χ0) is 16.7. The first-order chi connectivity index (χ1) is 10.3. The van der Waals surface area contributed by atoms with Crippen LogP contribution in [0.25, 0.3) is 0 Å². The average Bonchev–Trinajstić information content (AvgIpc) is 2.78. The minimum absolute atomic E-state index is 0.655. The van der Waals surface area contributed by atoms with Crippen LogP contribution in [0.2, 0.25) is 0 Å². The van der Waals surface area contributed by atoms with Crippen LogP contribution in [0.5, 0.6) is 0 Å². The number of ether oxygens (including phenoxy) is 2. The highest BCUT2D eigenvalue weighted by atomic mass is 16.6. The van der Waals surface area contributed by atoms with Gasteiger partial charge in [0.2, 0.25) is 0 Å². The van der Waals surface area contributed by atoms with Gasteiger partial charge in [-0.25, -0.2) is 0 Å². The summed E-state index contributed by atoms with van der Waals surface area (Å²) in [5.74, 6) is 0. The fourth-order valence-corrected chi connectivity index (χ4v) is 3.02. The molecule has 0 radical (unpaired) electrons. The maximum absolute atomic E-state index is 10.1. The summed E-state index contributed by atoms with van der Waals surface area (Å²) in [6.45, 7) is -2.24. The van der Waals surface area contributed by atoms with Crippen LogP contribution in [-0.4, -0.2) is 115 Å². The average molecular weight is 326 g/mol. The third-order valence-corrected chi connectivity index (χ3v) is 4.38. The number of aliphatic hydroxyl groups is 8. The van der Waals surface area contributed by atoms with Gasteiger partial charge in [-0.15, -0.1) is 0 Å². The molecule has 8 N–H and O–H groups in total. The van der Waals surface area contributed by atoms with E-state index in [9.17, 15) is 30.6 Å². The third-order valence-electron chi connectivity index (χ3n) is 4.38. The van der Waals surface area contributed by atoms with E-state index in [1.807, 2.05) is 0 Å². The van der Waals surface area contributed by atoms with Gasteiger partial charge in [0, 0.05) is 0 Å². The van der Waals surface area contributed by atoms with Crippen LogP contribution in [0, 0.1) is 0 Å². The van der Waals surface area contributed by atoms with Gasteiger partial charge in [0.05, 0.1) is 19.8 Å². The molecule has 2 rings (SSSR count). The van der Waals surface area contributed by atoms with E-state index in [2.05, 4.69) is 0 Å². The lowest BCUT2D eigenvalue weighted by molar-refractivity contribution is -0.291. The molecule has 130 valence electrons. The molecule has 2 aliphatic rings. The smallest absolute Gasteiger partial charge is 0.149 e. The Balaban J connectivity index is 2.33. The van der Waals surface area contributed by atoms with Crippen molar-refractivity contribution in [2.45, 2.75) is 54.4 Å². The van der Waals surface area contributed by atoms with Crippen molar-refractivity contribution < 1.29 is 50.3 Å². The van der Waals surface area contributed by atoms with Crippen LogP contribution < -0.4 is 0 Å². The van der Waals surface area contributed by atoms with Crippen molar-refractivity contribution >= 4 is 0 Å². The molecule has 22 heavy (non-hydrogen) atoms. The van der Waals surface area contributed by atoms with Crippen LogP contribution in [0.1, 0.15) is 0 Å². The summed E-state index contributed by atoms with van der Waals surface area (Å²) in [4.78, 5) is 0. The fourth-order valence-electron chi connectivity index (χ4n) is 3.02. The molecule has 2 aliphatic heterocycles. The van der Waals surface area contributed by atoms with E-state index in [1.54, 1.807) is 0 Å². The lowest BCUT2D eigenvalue weighted by Gasteiger charge is -2.47. The standard InChI is InChI=1S/C12H22O10/c13-1-4-6(16)8(18)9(19)11(21-4)12(3-15)10(20)7(17)5(2-14)22-12/h4-11,13-20H,1-3H2/t4-,5-,6-,7-,8+,9-,10+,11?,12?/m1/s1. The van der Waals surface area contributed by atoms with E-state index in [0.29, 0.717) is 0 Å². The van der Waals surface area contributed by atoms with Gasteiger partial charge in [0.1, 0.15) is 54.4 Å². The molecule has 0 aliphatic carbocycles. The number of hydrogen-bond donors (Lipinski definition) is 8. The Hall–Kier alpha value is -0.400. The lowest BCUT2D eigenvalue weighted by Crippen LogP contribution is -2.69. The molecule has 0 amide bonds. The van der Waals surface area contributed by atoms with Crippen molar-refractivity contribution in [2.75, 3.05) is 19.8 Å². The molecule has 2 fully saturated rings. The monoisotopic (exact) mass is 326 g/mol. The van der Waals surface area contributed by atoms with Gasteiger partial charge in [0.25, 0.3) is 0 Å². The quantitative estimate of drug-likeness (QED) is 0.248. The molecule has 10 nitrogen and oxygen atoms in total. The van der Waals surface area contributed by atoms with Crippen molar-refractivity contribution in [1.29, 1.82) is 0 Å². The number of hydrogen-bond acceptors (Lipinski definition) is 10. The van der Waals surface area contributed by atoms with Gasteiger partial charge >= 0.3 is 0 Å². The molecule has 2 unspecified atom stereocenters. The topological polar surface area (TPSA) is 180 Å². The Labute approximate surface area is 125 Å².